The zero-order chi connectivity index (χ0) is 8.69. The highest BCUT2D eigenvalue weighted by molar-refractivity contribution is 5.54. The monoisotopic (exact) mass is 156 g/mol. The minimum absolute atomic E-state index is 0.658. The first kappa shape index (κ1) is 10.5. The summed E-state index contributed by atoms with van der Waals surface area (Å²) in [6.45, 7) is 7.36. The average molecular weight is 156 g/mol. The summed E-state index contributed by atoms with van der Waals surface area (Å²) in [5.41, 5.74) is 0. The summed E-state index contributed by atoms with van der Waals surface area (Å²) in [6.07, 6.45) is 4.34. The molecule has 0 rings (SSSR count). The largest absolute Gasteiger partial charge is 0.363 e. The number of hydrogen-bond donors (Lipinski definition) is 0. The van der Waals surface area contributed by atoms with Crippen molar-refractivity contribution >= 4 is 6.34 Å². The molecule has 0 amide bonds. The van der Waals surface area contributed by atoms with Gasteiger partial charge in [0.15, 0.2) is 0 Å². The van der Waals surface area contributed by atoms with Crippen LogP contribution in [0.4, 0.5) is 0 Å². The Morgan fingerprint density at radius 1 is 1.27 bits per heavy atom. The third-order valence-corrected chi connectivity index (χ3v) is 1.96. The molecule has 2 heteroatoms. The SMILES string of the molecule is CCN=CN(C)C(CC)CC. The summed E-state index contributed by atoms with van der Waals surface area (Å²) in [5, 5.41) is 0. The van der Waals surface area contributed by atoms with Crippen molar-refractivity contribution in [1.29, 1.82) is 0 Å². The van der Waals surface area contributed by atoms with Gasteiger partial charge in [-0.1, -0.05) is 13.8 Å². The number of aliphatic imine (C=N–C) groups is 1. The molecule has 11 heavy (non-hydrogen) atoms. The van der Waals surface area contributed by atoms with Gasteiger partial charge in [0.25, 0.3) is 0 Å². The molecule has 0 saturated heterocycles. The molecule has 0 radical (unpaired) electrons. The van der Waals surface area contributed by atoms with Crippen LogP contribution in [0, 0.1) is 0 Å². The van der Waals surface area contributed by atoms with E-state index in [9.17, 15) is 0 Å². The van der Waals surface area contributed by atoms with Crippen LogP contribution < -0.4 is 0 Å². The quantitative estimate of drug-likeness (QED) is 0.440. The van der Waals surface area contributed by atoms with Gasteiger partial charge in [-0.2, -0.15) is 0 Å². The zero-order valence-electron chi connectivity index (χ0n) is 8.17. The smallest absolute Gasteiger partial charge is 0.0849 e. The van der Waals surface area contributed by atoms with E-state index in [0.717, 1.165) is 6.54 Å². The molecule has 0 heterocycles. The lowest BCUT2D eigenvalue weighted by Gasteiger charge is -2.23. The van der Waals surface area contributed by atoms with Crippen LogP contribution in [0.5, 0.6) is 0 Å². The summed E-state index contributed by atoms with van der Waals surface area (Å²) in [5.74, 6) is 0. The number of hydrogen-bond acceptors (Lipinski definition) is 1. The van der Waals surface area contributed by atoms with E-state index in [1.807, 2.05) is 6.34 Å². The Labute approximate surface area is 70.3 Å². The summed E-state index contributed by atoms with van der Waals surface area (Å²) < 4.78 is 0. The standard InChI is InChI=1S/C9H20N2/c1-5-9(6-2)11(4)8-10-7-3/h8-9H,5-7H2,1-4H3. The van der Waals surface area contributed by atoms with Crippen LogP contribution >= 0.6 is 0 Å². The molecule has 0 aliphatic heterocycles. The molecule has 0 spiro atoms. The molecule has 0 atom stereocenters. The molecule has 66 valence electrons. The van der Waals surface area contributed by atoms with Crippen LogP contribution in [0.3, 0.4) is 0 Å². The number of rotatable bonds is 5. The fraction of sp³-hybridized carbons (Fsp3) is 0.889. The Morgan fingerprint density at radius 2 is 1.82 bits per heavy atom. The molecule has 0 unspecified atom stereocenters. The summed E-state index contributed by atoms with van der Waals surface area (Å²) in [7, 11) is 2.09. The third kappa shape index (κ3) is 4.02. The topological polar surface area (TPSA) is 15.6 Å². The molecule has 0 N–H and O–H groups in total. The highest BCUT2D eigenvalue weighted by atomic mass is 15.1. The van der Waals surface area contributed by atoms with Crippen molar-refractivity contribution in [2.45, 2.75) is 39.7 Å². The van der Waals surface area contributed by atoms with Crippen LogP contribution in [-0.4, -0.2) is 30.9 Å². The average Bonchev–Trinajstić information content (AvgIpc) is 2.03. The minimum Gasteiger partial charge on any atom is -0.363 e. The molecule has 2 nitrogen and oxygen atoms in total. The van der Waals surface area contributed by atoms with Gasteiger partial charge in [0.05, 0.1) is 6.34 Å². The van der Waals surface area contributed by atoms with Gasteiger partial charge < -0.3 is 4.90 Å². The zero-order valence-corrected chi connectivity index (χ0v) is 8.17. The van der Waals surface area contributed by atoms with Gasteiger partial charge in [0.1, 0.15) is 0 Å². The Bertz CT molecular complexity index is 106. The van der Waals surface area contributed by atoms with Crippen LogP contribution in [0.15, 0.2) is 4.99 Å². The van der Waals surface area contributed by atoms with E-state index in [4.69, 9.17) is 0 Å². The molecule has 0 saturated carbocycles. The maximum absolute atomic E-state index is 4.19. The lowest BCUT2D eigenvalue weighted by atomic mass is 10.1. The molecular formula is C9H20N2. The highest BCUT2D eigenvalue weighted by Gasteiger charge is 2.05. The van der Waals surface area contributed by atoms with Crippen molar-refractivity contribution in [1.82, 2.24) is 4.90 Å². The molecular weight excluding hydrogens is 136 g/mol. The van der Waals surface area contributed by atoms with Crippen LogP contribution in [-0.2, 0) is 0 Å². The van der Waals surface area contributed by atoms with Gasteiger partial charge in [-0.15, -0.1) is 0 Å². The van der Waals surface area contributed by atoms with Crippen LogP contribution in [0.1, 0.15) is 33.6 Å². The first-order valence-corrected chi connectivity index (χ1v) is 4.48. The van der Waals surface area contributed by atoms with Crippen molar-refractivity contribution in [3.63, 3.8) is 0 Å². The predicted octanol–water partition coefficient (Wildman–Crippen LogP) is 2.16. The third-order valence-electron chi connectivity index (χ3n) is 1.96. The second kappa shape index (κ2) is 6.20. The van der Waals surface area contributed by atoms with E-state index in [-0.39, 0.29) is 0 Å². The molecule has 0 aliphatic rings. The van der Waals surface area contributed by atoms with Gasteiger partial charge in [-0.25, -0.2) is 0 Å². The lowest BCUT2D eigenvalue weighted by molar-refractivity contribution is 0.354. The van der Waals surface area contributed by atoms with Gasteiger partial charge in [-0.05, 0) is 19.8 Å². The predicted molar refractivity (Wildman–Crippen MR) is 51.2 cm³/mol. The van der Waals surface area contributed by atoms with E-state index in [1.165, 1.54) is 12.8 Å². The first-order chi connectivity index (χ1) is 5.26. The highest BCUT2D eigenvalue weighted by Crippen LogP contribution is 2.02. The van der Waals surface area contributed by atoms with E-state index in [0.29, 0.717) is 6.04 Å². The molecule has 0 aromatic rings. The summed E-state index contributed by atoms with van der Waals surface area (Å²) >= 11 is 0. The summed E-state index contributed by atoms with van der Waals surface area (Å²) in [6, 6.07) is 0.658. The lowest BCUT2D eigenvalue weighted by Crippen LogP contribution is -2.29. The van der Waals surface area contributed by atoms with E-state index in [2.05, 4.69) is 37.7 Å². The van der Waals surface area contributed by atoms with Gasteiger partial charge in [-0.3, -0.25) is 4.99 Å². The summed E-state index contributed by atoms with van der Waals surface area (Å²) in [4.78, 5) is 6.39. The molecule has 0 aromatic heterocycles. The Morgan fingerprint density at radius 3 is 2.18 bits per heavy atom. The van der Waals surface area contributed by atoms with Crippen molar-refractivity contribution in [2.75, 3.05) is 13.6 Å². The van der Waals surface area contributed by atoms with Crippen LogP contribution in [0.2, 0.25) is 0 Å². The second-order valence-corrected chi connectivity index (χ2v) is 2.75. The molecule has 0 aromatic carbocycles. The van der Waals surface area contributed by atoms with Crippen molar-refractivity contribution in [2.24, 2.45) is 4.99 Å². The molecule has 0 fully saturated rings. The van der Waals surface area contributed by atoms with Gasteiger partial charge >= 0.3 is 0 Å². The van der Waals surface area contributed by atoms with E-state index in [1.54, 1.807) is 0 Å². The van der Waals surface area contributed by atoms with Crippen LogP contribution in [0.25, 0.3) is 0 Å². The van der Waals surface area contributed by atoms with Gasteiger partial charge in [0.2, 0.25) is 0 Å². The van der Waals surface area contributed by atoms with E-state index >= 15 is 0 Å². The van der Waals surface area contributed by atoms with Crippen molar-refractivity contribution in [3.05, 3.63) is 0 Å². The fourth-order valence-corrected chi connectivity index (χ4v) is 1.17. The van der Waals surface area contributed by atoms with Crippen molar-refractivity contribution < 1.29 is 0 Å². The Balaban J connectivity index is 3.77. The maximum atomic E-state index is 4.19. The molecule has 0 aliphatic carbocycles. The Hall–Kier alpha value is -0.530. The normalized spacial score (nSPS) is 11.4. The van der Waals surface area contributed by atoms with E-state index < -0.39 is 0 Å². The van der Waals surface area contributed by atoms with Gasteiger partial charge in [0, 0.05) is 19.6 Å². The Kier molecular flexibility index (Phi) is 5.90. The first-order valence-electron chi connectivity index (χ1n) is 4.48. The maximum Gasteiger partial charge on any atom is 0.0849 e. The second-order valence-electron chi connectivity index (χ2n) is 2.75. The van der Waals surface area contributed by atoms with Crippen molar-refractivity contribution in [3.8, 4) is 0 Å². The minimum atomic E-state index is 0.658. The fourth-order valence-electron chi connectivity index (χ4n) is 1.17. The number of nitrogens with zero attached hydrogens (tertiary/aromatic N) is 2. The molecule has 0 bridgehead atoms.